The Balaban J connectivity index is 2.32. The second-order valence-corrected chi connectivity index (χ2v) is 5.46. The number of ether oxygens (including phenoxy) is 2. The molecule has 0 spiro atoms. The van der Waals surface area contributed by atoms with E-state index in [-0.39, 0.29) is 12.6 Å². The third-order valence-electron chi connectivity index (χ3n) is 4.08. The van der Waals surface area contributed by atoms with Gasteiger partial charge in [-0.05, 0) is 19.4 Å². The number of benzene rings is 1. The van der Waals surface area contributed by atoms with Crippen LogP contribution in [0, 0.1) is 12.3 Å². The molecule has 22 heavy (non-hydrogen) atoms. The van der Waals surface area contributed by atoms with E-state index in [1.165, 1.54) is 4.90 Å². The molecule has 1 saturated heterocycles. The average Bonchev–Trinajstić information content (AvgIpc) is 2.54. The van der Waals surface area contributed by atoms with Gasteiger partial charge in [-0.3, -0.25) is 4.79 Å². The van der Waals surface area contributed by atoms with E-state index in [0.29, 0.717) is 0 Å². The lowest BCUT2D eigenvalue weighted by molar-refractivity contribution is -0.297. The first kappa shape index (κ1) is 16.5. The third kappa shape index (κ3) is 2.86. The van der Waals surface area contributed by atoms with Gasteiger partial charge >= 0.3 is 0 Å². The molecule has 5 nitrogen and oxygen atoms in total. The molecule has 2 rings (SSSR count). The molecule has 5 heteroatoms. The first-order valence-electron chi connectivity index (χ1n) is 7.19. The Kier molecular flexibility index (Phi) is 4.87. The monoisotopic (exact) mass is 303 g/mol. The molecule has 1 amide bonds. The third-order valence-corrected chi connectivity index (χ3v) is 4.08. The largest absolute Gasteiger partial charge is 0.360 e. The van der Waals surface area contributed by atoms with E-state index in [1.54, 1.807) is 14.0 Å². The van der Waals surface area contributed by atoms with Crippen LogP contribution in [-0.2, 0) is 14.3 Å². The average molecular weight is 303 g/mol. The van der Waals surface area contributed by atoms with Gasteiger partial charge < -0.3 is 19.5 Å². The molecule has 4 atom stereocenters. The zero-order valence-electron chi connectivity index (χ0n) is 13.0. The van der Waals surface area contributed by atoms with Gasteiger partial charge in [0.1, 0.15) is 18.8 Å². The standard InChI is InChI=1S/C17H21NO4/c1-5-11-21-13(3)17(20)16(19)18(4)12(2)15(22-17)14-9-7-6-8-10-14/h1,6-10,12-13,15,20H,11H2,2-4H3/t12-,13-,15-,17-/m0/s1. The second kappa shape index (κ2) is 6.49. The van der Waals surface area contributed by atoms with Crippen LogP contribution in [-0.4, -0.2) is 47.5 Å². The minimum absolute atomic E-state index is 0.00458. The Labute approximate surface area is 130 Å². The maximum atomic E-state index is 12.5. The van der Waals surface area contributed by atoms with E-state index in [2.05, 4.69) is 5.92 Å². The van der Waals surface area contributed by atoms with Gasteiger partial charge in [-0.15, -0.1) is 6.42 Å². The molecule has 1 N–H and O–H groups in total. The molecule has 1 fully saturated rings. The smallest absolute Gasteiger partial charge is 0.285 e. The van der Waals surface area contributed by atoms with Crippen LogP contribution in [0.5, 0.6) is 0 Å². The molecular weight excluding hydrogens is 282 g/mol. The molecule has 0 radical (unpaired) electrons. The minimum atomic E-state index is -2.06. The highest BCUT2D eigenvalue weighted by Crippen LogP contribution is 2.36. The number of hydrogen-bond acceptors (Lipinski definition) is 4. The van der Waals surface area contributed by atoms with Crippen molar-refractivity contribution >= 4 is 5.91 Å². The maximum Gasteiger partial charge on any atom is 0.285 e. The van der Waals surface area contributed by atoms with Crippen molar-refractivity contribution in [3.05, 3.63) is 35.9 Å². The summed E-state index contributed by atoms with van der Waals surface area (Å²) in [7, 11) is 1.64. The Morgan fingerprint density at radius 2 is 2.14 bits per heavy atom. The van der Waals surface area contributed by atoms with E-state index in [1.807, 2.05) is 37.3 Å². The predicted octanol–water partition coefficient (Wildman–Crippen LogP) is 1.33. The van der Waals surface area contributed by atoms with Crippen LogP contribution in [0.1, 0.15) is 25.5 Å². The van der Waals surface area contributed by atoms with Gasteiger partial charge in [0, 0.05) is 7.05 Å². The van der Waals surface area contributed by atoms with Crippen molar-refractivity contribution in [1.82, 2.24) is 4.90 Å². The van der Waals surface area contributed by atoms with Gasteiger partial charge in [0.2, 0.25) is 0 Å². The van der Waals surface area contributed by atoms with Crippen LogP contribution in [0.2, 0.25) is 0 Å². The Morgan fingerprint density at radius 1 is 1.50 bits per heavy atom. The van der Waals surface area contributed by atoms with Crippen LogP contribution in [0.15, 0.2) is 30.3 Å². The Bertz CT molecular complexity index is 568. The van der Waals surface area contributed by atoms with Crippen LogP contribution < -0.4 is 0 Å². The van der Waals surface area contributed by atoms with Gasteiger partial charge in [0.15, 0.2) is 0 Å². The zero-order valence-corrected chi connectivity index (χ0v) is 13.0. The number of rotatable bonds is 4. The highest BCUT2D eigenvalue weighted by atomic mass is 16.7. The number of hydrogen-bond donors (Lipinski definition) is 1. The summed E-state index contributed by atoms with van der Waals surface area (Å²) in [6.45, 7) is 3.44. The summed E-state index contributed by atoms with van der Waals surface area (Å²) < 4.78 is 11.1. The van der Waals surface area contributed by atoms with Crippen molar-refractivity contribution in [2.45, 2.75) is 37.9 Å². The summed E-state index contributed by atoms with van der Waals surface area (Å²) in [5, 5.41) is 10.7. The molecule has 0 bridgehead atoms. The van der Waals surface area contributed by atoms with E-state index < -0.39 is 23.9 Å². The minimum Gasteiger partial charge on any atom is -0.360 e. The molecule has 1 heterocycles. The van der Waals surface area contributed by atoms with E-state index in [0.717, 1.165) is 5.56 Å². The van der Waals surface area contributed by atoms with Crippen LogP contribution in [0.25, 0.3) is 0 Å². The summed E-state index contributed by atoms with van der Waals surface area (Å²) in [4.78, 5) is 13.9. The van der Waals surface area contributed by atoms with Crippen molar-refractivity contribution in [3.8, 4) is 12.3 Å². The fourth-order valence-corrected chi connectivity index (χ4v) is 2.53. The summed E-state index contributed by atoms with van der Waals surface area (Å²) in [6.07, 6.45) is 3.83. The molecule has 1 aliphatic rings. The molecule has 0 aliphatic carbocycles. The molecular formula is C17H21NO4. The van der Waals surface area contributed by atoms with Gasteiger partial charge in [-0.25, -0.2) is 0 Å². The highest BCUT2D eigenvalue weighted by Gasteiger charge is 2.53. The number of aliphatic hydroxyl groups is 1. The topological polar surface area (TPSA) is 59.0 Å². The quantitative estimate of drug-likeness (QED) is 0.853. The van der Waals surface area contributed by atoms with Gasteiger partial charge in [0.05, 0.1) is 6.04 Å². The van der Waals surface area contributed by atoms with Crippen LogP contribution in [0.4, 0.5) is 0 Å². The molecule has 1 aliphatic heterocycles. The number of amides is 1. The van der Waals surface area contributed by atoms with Crippen molar-refractivity contribution in [2.24, 2.45) is 0 Å². The molecule has 1 aromatic carbocycles. The van der Waals surface area contributed by atoms with Crippen LogP contribution in [0.3, 0.4) is 0 Å². The lowest BCUT2D eigenvalue weighted by Gasteiger charge is -2.46. The predicted molar refractivity (Wildman–Crippen MR) is 81.7 cm³/mol. The van der Waals surface area contributed by atoms with Crippen molar-refractivity contribution in [3.63, 3.8) is 0 Å². The normalized spacial score (nSPS) is 30.0. The maximum absolute atomic E-state index is 12.5. The lowest BCUT2D eigenvalue weighted by Crippen LogP contribution is -2.64. The summed E-state index contributed by atoms with van der Waals surface area (Å²) >= 11 is 0. The number of nitrogens with zero attached hydrogens (tertiary/aromatic N) is 1. The molecule has 0 aromatic heterocycles. The molecule has 118 valence electrons. The Hall–Kier alpha value is -1.87. The number of carbonyl (C=O) groups is 1. The summed E-state index contributed by atoms with van der Waals surface area (Å²) in [5.74, 6) is -0.269. The molecule has 0 unspecified atom stereocenters. The first-order valence-corrected chi connectivity index (χ1v) is 7.19. The summed E-state index contributed by atoms with van der Waals surface area (Å²) in [6, 6.07) is 9.26. The van der Waals surface area contributed by atoms with Crippen molar-refractivity contribution in [1.29, 1.82) is 0 Å². The Morgan fingerprint density at radius 3 is 2.73 bits per heavy atom. The van der Waals surface area contributed by atoms with Gasteiger partial charge in [0.25, 0.3) is 11.7 Å². The SMILES string of the molecule is C#CCO[C@@H](C)[C@]1(O)O[C@H](c2ccccc2)[C@H](C)N(C)C1=O. The van der Waals surface area contributed by atoms with E-state index >= 15 is 0 Å². The number of terminal acetylenes is 1. The fourth-order valence-electron chi connectivity index (χ4n) is 2.53. The molecule has 1 aromatic rings. The fraction of sp³-hybridized carbons (Fsp3) is 0.471. The van der Waals surface area contributed by atoms with Gasteiger partial charge in [-0.1, -0.05) is 36.3 Å². The second-order valence-electron chi connectivity index (χ2n) is 5.46. The van der Waals surface area contributed by atoms with E-state index in [4.69, 9.17) is 15.9 Å². The zero-order chi connectivity index (χ0) is 16.3. The summed E-state index contributed by atoms with van der Waals surface area (Å²) in [5.41, 5.74) is 0.886. The highest BCUT2D eigenvalue weighted by molar-refractivity contribution is 5.85. The molecule has 0 saturated carbocycles. The van der Waals surface area contributed by atoms with Crippen molar-refractivity contribution in [2.75, 3.05) is 13.7 Å². The first-order chi connectivity index (χ1) is 10.4. The number of likely N-dealkylation sites (N-methyl/N-ethyl adjacent to an activating group) is 1. The number of morpholine rings is 1. The van der Waals surface area contributed by atoms with E-state index in [9.17, 15) is 9.90 Å². The number of carbonyl (C=O) groups excluding carboxylic acids is 1. The van der Waals surface area contributed by atoms with Crippen molar-refractivity contribution < 1.29 is 19.4 Å². The van der Waals surface area contributed by atoms with Gasteiger partial charge in [-0.2, -0.15) is 0 Å². The van der Waals surface area contributed by atoms with Crippen LogP contribution >= 0.6 is 0 Å². The lowest BCUT2D eigenvalue weighted by atomic mass is 9.96.